The molecule has 0 aliphatic heterocycles. The standard InChI is InChI=1S/C14H22BrNO2/c1-10(9-14(2,3)18-5)16-12-6-11(15)7-13(8-12)17-4/h6-8,10,16H,9H2,1-5H3. The fourth-order valence-electron chi connectivity index (χ4n) is 1.92. The first-order valence-electron chi connectivity index (χ1n) is 6.02. The molecule has 4 heteroatoms. The van der Waals surface area contributed by atoms with Gasteiger partial charge in [-0.1, -0.05) is 15.9 Å². The first-order valence-corrected chi connectivity index (χ1v) is 6.82. The van der Waals surface area contributed by atoms with E-state index >= 15 is 0 Å². The van der Waals surface area contributed by atoms with E-state index in [1.807, 2.05) is 18.2 Å². The van der Waals surface area contributed by atoms with Crippen molar-refractivity contribution in [2.75, 3.05) is 19.5 Å². The molecule has 18 heavy (non-hydrogen) atoms. The van der Waals surface area contributed by atoms with Crippen LogP contribution < -0.4 is 10.1 Å². The Morgan fingerprint density at radius 2 is 1.94 bits per heavy atom. The zero-order valence-electron chi connectivity index (χ0n) is 11.7. The number of halogens is 1. The van der Waals surface area contributed by atoms with Crippen molar-refractivity contribution in [1.29, 1.82) is 0 Å². The first kappa shape index (κ1) is 15.3. The van der Waals surface area contributed by atoms with E-state index in [0.717, 1.165) is 22.3 Å². The fraction of sp³-hybridized carbons (Fsp3) is 0.571. The van der Waals surface area contributed by atoms with E-state index in [0.29, 0.717) is 6.04 Å². The Hall–Kier alpha value is -0.740. The topological polar surface area (TPSA) is 30.5 Å². The number of hydrogen-bond acceptors (Lipinski definition) is 3. The van der Waals surface area contributed by atoms with Crippen LogP contribution in [0.4, 0.5) is 5.69 Å². The molecule has 0 fully saturated rings. The van der Waals surface area contributed by atoms with Crippen molar-refractivity contribution in [3.05, 3.63) is 22.7 Å². The van der Waals surface area contributed by atoms with E-state index in [-0.39, 0.29) is 5.60 Å². The SMILES string of the molecule is COc1cc(Br)cc(NC(C)CC(C)(C)OC)c1. The Bertz CT molecular complexity index is 393. The average Bonchev–Trinajstić information content (AvgIpc) is 2.27. The van der Waals surface area contributed by atoms with Crippen molar-refractivity contribution in [3.8, 4) is 5.75 Å². The molecule has 1 unspecified atom stereocenters. The van der Waals surface area contributed by atoms with Gasteiger partial charge in [-0.3, -0.25) is 0 Å². The molecule has 1 N–H and O–H groups in total. The Morgan fingerprint density at radius 1 is 1.28 bits per heavy atom. The summed E-state index contributed by atoms with van der Waals surface area (Å²) in [5, 5.41) is 3.46. The molecule has 0 aromatic heterocycles. The van der Waals surface area contributed by atoms with Crippen molar-refractivity contribution >= 4 is 21.6 Å². The summed E-state index contributed by atoms with van der Waals surface area (Å²) in [6.07, 6.45) is 0.929. The number of nitrogens with one attached hydrogen (secondary N) is 1. The number of hydrogen-bond donors (Lipinski definition) is 1. The number of anilines is 1. The Balaban J connectivity index is 2.69. The lowest BCUT2D eigenvalue weighted by atomic mass is 10.00. The van der Waals surface area contributed by atoms with Crippen molar-refractivity contribution < 1.29 is 9.47 Å². The van der Waals surface area contributed by atoms with Crippen molar-refractivity contribution in [2.45, 2.75) is 38.8 Å². The third-order valence-corrected chi connectivity index (χ3v) is 3.33. The van der Waals surface area contributed by atoms with Crippen molar-refractivity contribution in [1.82, 2.24) is 0 Å². The molecule has 0 bridgehead atoms. The molecule has 1 aromatic carbocycles. The van der Waals surface area contributed by atoms with E-state index in [1.165, 1.54) is 0 Å². The van der Waals surface area contributed by atoms with Crippen LogP contribution in [0.5, 0.6) is 5.75 Å². The molecule has 1 atom stereocenters. The van der Waals surface area contributed by atoms with E-state index < -0.39 is 0 Å². The van der Waals surface area contributed by atoms with Crippen LogP contribution in [-0.4, -0.2) is 25.9 Å². The van der Waals surface area contributed by atoms with Gasteiger partial charge in [-0.15, -0.1) is 0 Å². The van der Waals surface area contributed by atoms with Crippen LogP contribution >= 0.6 is 15.9 Å². The number of rotatable bonds is 6. The maximum Gasteiger partial charge on any atom is 0.122 e. The van der Waals surface area contributed by atoms with Crippen molar-refractivity contribution in [3.63, 3.8) is 0 Å². The molecule has 3 nitrogen and oxygen atoms in total. The van der Waals surface area contributed by atoms with E-state index in [1.54, 1.807) is 14.2 Å². The second-order valence-corrected chi connectivity index (χ2v) is 6.01. The third kappa shape index (κ3) is 4.86. The molecule has 0 aliphatic carbocycles. The predicted octanol–water partition coefficient (Wildman–Crippen LogP) is 4.07. The van der Waals surface area contributed by atoms with Crippen molar-refractivity contribution in [2.24, 2.45) is 0 Å². The molecule has 0 amide bonds. The predicted molar refractivity (Wildman–Crippen MR) is 79.5 cm³/mol. The van der Waals surface area contributed by atoms with Crippen LogP contribution in [0.2, 0.25) is 0 Å². The Morgan fingerprint density at radius 3 is 2.50 bits per heavy atom. The molecule has 0 saturated carbocycles. The molecule has 102 valence electrons. The van der Waals surface area contributed by atoms with Gasteiger partial charge in [0.05, 0.1) is 12.7 Å². The maximum atomic E-state index is 5.44. The van der Waals surface area contributed by atoms with Crippen LogP contribution in [0.25, 0.3) is 0 Å². The molecular weight excluding hydrogens is 294 g/mol. The van der Waals surface area contributed by atoms with Crippen LogP contribution in [0, 0.1) is 0 Å². The normalized spacial score (nSPS) is 13.2. The zero-order chi connectivity index (χ0) is 13.8. The summed E-state index contributed by atoms with van der Waals surface area (Å²) in [6.45, 7) is 6.33. The van der Waals surface area contributed by atoms with Gasteiger partial charge in [-0.25, -0.2) is 0 Å². The highest BCUT2D eigenvalue weighted by atomic mass is 79.9. The summed E-state index contributed by atoms with van der Waals surface area (Å²) in [7, 11) is 3.41. The molecule has 0 spiro atoms. The second kappa shape index (κ2) is 6.43. The summed E-state index contributed by atoms with van der Waals surface area (Å²) in [4.78, 5) is 0. The third-order valence-electron chi connectivity index (χ3n) is 2.87. The van der Waals surface area contributed by atoms with Gasteiger partial charge < -0.3 is 14.8 Å². The fourth-order valence-corrected chi connectivity index (χ4v) is 2.39. The molecule has 0 heterocycles. The van der Waals surface area contributed by atoms with Gasteiger partial charge in [0.1, 0.15) is 5.75 Å². The first-order chi connectivity index (χ1) is 8.36. The van der Waals surface area contributed by atoms with Gasteiger partial charge >= 0.3 is 0 Å². The number of benzene rings is 1. The van der Waals surface area contributed by atoms with Gasteiger partial charge in [0.2, 0.25) is 0 Å². The van der Waals surface area contributed by atoms with Gasteiger partial charge in [-0.2, -0.15) is 0 Å². The molecule has 1 aromatic rings. The average molecular weight is 316 g/mol. The summed E-state index contributed by atoms with van der Waals surface area (Å²) >= 11 is 3.47. The molecule has 0 aliphatic rings. The zero-order valence-corrected chi connectivity index (χ0v) is 13.3. The van der Waals surface area contributed by atoms with E-state index in [2.05, 4.69) is 42.0 Å². The summed E-state index contributed by atoms with van der Waals surface area (Å²) in [6, 6.07) is 6.29. The van der Waals surface area contributed by atoms with Crippen LogP contribution in [0.1, 0.15) is 27.2 Å². The van der Waals surface area contributed by atoms with E-state index in [4.69, 9.17) is 9.47 Å². The maximum absolute atomic E-state index is 5.44. The minimum atomic E-state index is -0.123. The van der Waals surface area contributed by atoms with Crippen LogP contribution in [0.15, 0.2) is 22.7 Å². The molecule has 0 saturated heterocycles. The smallest absolute Gasteiger partial charge is 0.122 e. The lowest BCUT2D eigenvalue weighted by molar-refractivity contribution is 0.0128. The molecule has 0 radical (unpaired) electrons. The van der Waals surface area contributed by atoms with Crippen LogP contribution in [0.3, 0.4) is 0 Å². The summed E-state index contributed by atoms with van der Waals surface area (Å²) in [5.74, 6) is 0.838. The minimum absolute atomic E-state index is 0.123. The number of ether oxygens (including phenoxy) is 2. The van der Waals surface area contributed by atoms with Gasteiger partial charge in [0.25, 0.3) is 0 Å². The Kier molecular flexibility index (Phi) is 5.47. The Labute approximate surface area is 118 Å². The second-order valence-electron chi connectivity index (χ2n) is 5.09. The van der Waals surface area contributed by atoms with E-state index in [9.17, 15) is 0 Å². The largest absolute Gasteiger partial charge is 0.497 e. The highest BCUT2D eigenvalue weighted by Crippen LogP contribution is 2.26. The summed E-state index contributed by atoms with van der Waals surface area (Å²) in [5.41, 5.74) is 0.920. The summed E-state index contributed by atoms with van der Waals surface area (Å²) < 4.78 is 11.7. The quantitative estimate of drug-likeness (QED) is 0.858. The number of methoxy groups -OCH3 is 2. The van der Waals surface area contributed by atoms with Gasteiger partial charge in [0, 0.05) is 29.4 Å². The van der Waals surface area contributed by atoms with Gasteiger partial charge in [0.15, 0.2) is 0 Å². The highest BCUT2D eigenvalue weighted by molar-refractivity contribution is 9.10. The lowest BCUT2D eigenvalue weighted by Crippen LogP contribution is -2.31. The lowest BCUT2D eigenvalue weighted by Gasteiger charge is -2.27. The monoisotopic (exact) mass is 315 g/mol. The molecule has 1 rings (SSSR count). The van der Waals surface area contributed by atoms with Crippen LogP contribution in [-0.2, 0) is 4.74 Å². The molecular formula is C14H22BrNO2. The minimum Gasteiger partial charge on any atom is -0.497 e. The highest BCUT2D eigenvalue weighted by Gasteiger charge is 2.20. The van der Waals surface area contributed by atoms with Gasteiger partial charge in [-0.05, 0) is 39.3 Å².